The van der Waals surface area contributed by atoms with Crippen molar-refractivity contribution in [3.8, 4) is 5.69 Å². The average Bonchev–Trinajstić information content (AvgIpc) is 3.17. The fraction of sp³-hybridized carbons (Fsp3) is 0.176. The van der Waals surface area contributed by atoms with E-state index in [0.717, 1.165) is 24.3 Å². The summed E-state index contributed by atoms with van der Waals surface area (Å²) in [5.41, 5.74) is 2.41. The lowest BCUT2D eigenvalue weighted by Gasteiger charge is -2.08. The molecule has 24 heavy (non-hydrogen) atoms. The molecule has 0 radical (unpaired) electrons. The first kappa shape index (κ1) is 15.7. The molecule has 0 saturated carbocycles. The van der Waals surface area contributed by atoms with Crippen LogP contribution in [0.2, 0.25) is 0 Å². The van der Waals surface area contributed by atoms with Crippen LogP contribution in [0.25, 0.3) is 5.69 Å². The number of rotatable bonds is 7. The summed E-state index contributed by atoms with van der Waals surface area (Å²) in [5.74, 6) is -0.107. The van der Waals surface area contributed by atoms with Gasteiger partial charge in [0.2, 0.25) is 0 Å². The molecule has 0 bridgehead atoms. The zero-order valence-electron chi connectivity index (χ0n) is 13.1. The molecule has 0 aliphatic rings. The van der Waals surface area contributed by atoms with Gasteiger partial charge in [-0.25, -0.2) is 4.68 Å². The maximum atomic E-state index is 12.2. The molecule has 2 N–H and O–H groups in total. The maximum absolute atomic E-state index is 12.2. The Labute approximate surface area is 139 Å². The number of benzene rings is 2. The van der Waals surface area contributed by atoms with Crippen LogP contribution < -0.4 is 10.6 Å². The van der Waals surface area contributed by atoms with E-state index < -0.39 is 0 Å². The Balaban J connectivity index is 1.46. The van der Waals surface area contributed by atoms with Crippen LogP contribution in [-0.4, -0.2) is 39.2 Å². The predicted octanol–water partition coefficient (Wildman–Crippen LogP) is 1.89. The van der Waals surface area contributed by atoms with E-state index in [2.05, 4.69) is 26.2 Å². The number of nitrogens with one attached hydrogen (secondary N) is 2. The van der Waals surface area contributed by atoms with Gasteiger partial charge in [0.15, 0.2) is 0 Å². The van der Waals surface area contributed by atoms with Crippen LogP contribution in [-0.2, 0) is 0 Å². The molecule has 1 heterocycles. The van der Waals surface area contributed by atoms with Gasteiger partial charge < -0.3 is 10.6 Å². The second kappa shape index (κ2) is 7.87. The van der Waals surface area contributed by atoms with Crippen molar-refractivity contribution in [1.82, 2.24) is 25.5 Å². The van der Waals surface area contributed by atoms with Gasteiger partial charge in [-0.05, 0) is 47.2 Å². The lowest BCUT2D eigenvalue weighted by atomic mass is 10.2. The third-order valence-corrected chi connectivity index (χ3v) is 3.46. The molecule has 1 aromatic heterocycles. The lowest BCUT2D eigenvalue weighted by Crippen LogP contribution is -2.25. The fourth-order valence-electron chi connectivity index (χ4n) is 2.25. The second-order valence-corrected chi connectivity index (χ2v) is 5.21. The molecule has 3 aromatic rings. The summed E-state index contributed by atoms with van der Waals surface area (Å²) < 4.78 is 1.51. The van der Waals surface area contributed by atoms with Crippen molar-refractivity contribution in [2.45, 2.75) is 6.42 Å². The van der Waals surface area contributed by atoms with Crippen molar-refractivity contribution in [3.05, 3.63) is 66.5 Å². The number of amides is 1. The van der Waals surface area contributed by atoms with Crippen LogP contribution >= 0.6 is 0 Å². The van der Waals surface area contributed by atoms with Crippen LogP contribution in [0, 0.1) is 0 Å². The van der Waals surface area contributed by atoms with E-state index in [1.807, 2.05) is 42.5 Å². The number of anilines is 1. The van der Waals surface area contributed by atoms with Crippen molar-refractivity contribution >= 4 is 11.6 Å². The number of nitrogens with zero attached hydrogens (tertiary/aromatic N) is 4. The summed E-state index contributed by atoms with van der Waals surface area (Å²) in [4.78, 5) is 12.2. The number of hydrogen-bond acceptors (Lipinski definition) is 5. The van der Waals surface area contributed by atoms with E-state index in [-0.39, 0.29) is 5.91 Å². The van der Waals surface area contributed by atoms with Crippen molar-refractivity contribution in [3.63, 3.8) is 0 Å². The number of tetrazole rings is 1. The monoisotopic (exact) mass is 322 g/mol. The van der Waals surface area contributed by atoms with Gasteiger partial charge in [-0.2, -0.15) is 0 Å². The SMILES string of the molecule is O=C(NCCCNc1ccccc1)c1cccc(-n2cnnn2)c1. The highest BCUT2D eigenvalue weighted by Crippen LogP contribution is 2.09. The van der Waals surface area contributed by atoms with Gasteiger partial charge in [0.1, 0.15) is 6.33 Å². The topological polar surface area (TPSA) is 84.7 Å². The third kappa shape index (κ3) is 4.16. The van der Waals surface area contributed by atoms with E-state index in [9.17, 15) is 4.79 Å². The molecule has 7 heteroatoms. The van der Waals surface area contributed by atoms with E-state index in [1.165, 1.54) is 11.0 Å². The molecule has 7 nitrogen and oxygen atoms in total. The lowest BCUT2D eigenvalue weighted by molar-refractivity contribution is 0.0953. The zero-order valence-corrected chi connectivity index (χ0v) is 13.1. The molecule has 0 atom stereocenters. The zero-order chi connectivity index (χ0) is 16.6. The molecule has 0 fully saturated rings. The molecular weight excluding hydrogens is 304 g/mol. The predicted molar refractivity (Wildman–Crippen MR) is 91.0 cm³/mol. The first-order valence-corrected chi connectivity index (χ1v) is 7.73. The van der Waals surface area contributed by atoms with Crippen molar-refractivity contribution in [1.29, 1.82) is 0 Å². The smallest absolute Gasteiger partial charge is 0.251 e. The number of carbonyl (C=O) groups is 1. The summed E-state index contributed by atoms with van der Waals surface area (Å²) >= 11 is 0. The summed E-state index contributed by atoms with van der Waals surface area (Å²) in [6, 6.07) is 17.2. The Bertz CT molecular complexity index is 773. The third-order valence-electron chi connectivity index (χ3n) is 3.46. The van der Waals surface area contributed by atoms with Gasteiger partial charge in [0.05, 0.1) is 5.69 Å². The van der Waals surface area contributed by atoms with Gasteiger partial charge in [-0.15, -0.1) is 5.10 Å². The molecule has 2 aromatic carbocycles. The fourth-order valence-corrected chi connectivity index (χ4v) is 2.25. The molecule has 0 spiro atoms. The van der Waals surface area contributed by atoms with Crippen molar-refractivity contribution in [2.75, 3.05) is 18.4 Å². The molecule has 0 aliphatic heterocycles. The van der Waals surface area contributed by atoms with Crippen LogP contribution in [0.4, 0.5) is 5.69 Å². The van der Waals surface area contributed by atoms with E-state index in [4.69, 9.17) is 0 Å². The molecule has 0 aliphatic carbocycles. The number of hydrogen-bond donors (Lipinski definition) is 2. The Hall–Kier alpha value is -3.22. The molecule has 1 amide bonds. The van der Waals surface area contributed by atoms with Crippen molar-refractivity contribution < 1.29 is 4.79 Å². The minimum atomic E-state index is -0.107. The van der Waals surface area contributed by atoms with Gasteiger partial charge >= 0.3 is 0 Å². The molecule has 122 valence electrons. The Morgan fingerprint density at radius 1 is 1.04 bits per heavy atom. The number of aromatic nitrogens is 4. The number of carbonyl (C=O) groups excluding carboxylic acids is 1. The van der Waals surface area contributed by atoms with Gasteiger partial charge in [0.25, 0.3) is 5.91 Å². The summed E-state index contributed by atoms with van der Waals surface area (Å²) in [6.07, 6.45) is 2.33. The van der Waals surface area contributed by atoms with E-state index in [1.54, 1.807) is 12.1 Å². The number of para-hydroxylation sites is 1. The quantitative estimate of drug-likeness (QED) is 0.649. The molecular formula is C17H18N6O. The molecule has 0 saturated heterocycles. The summed E-state index contributed by atoms with van der Waals surface area (Å²) in [6.45, 7) is 1.41. The van der Waals surface area contributed by atoms with Crippen LogP contribution in [0.1, 0.15) is 16.8 Å². The van der Waals surface area contributed by atoms with Gasteiger partial charge in [0, 0.05) is 24.3 Å². The first-order valence-electron chi connectivity index (χ1n) is 7.73. The standard InChI is InChI=1S/C17H18N6O/c24-17(19-11-5-10-18-15-7-2-1-3-8-15)14-6-4-9-16(12-14)23-13-20-21-22-23/h1-4,6-9,12-13,18H,5,10-11H2,(H,19,24). The Morgan fingerprint density at radius 2 is 1.92 bits per heavy atom. The normalized spacial score (nSPS) is 10.3. The van der Waals surface area contributed by atoms with Gasteiger partial charge in [-0.1, -0.05) is 24.3 Å². The Kier molecular flexibility index (Phi) is 5.14. The summed E-state index contributed by atoms with van der Waals surface area (Å²) in [5, 5.41) is 17.2. The van der Waals surface area contributed by atoms with Gasteiger partial charge in [-0.3, -0.25) is 4.79 Å². The molecule has 3 rings (SSSR count). The Morgan fingerprint density at radius 3 is 2.71 bits per heavy atom. The second-order valence-electron chi connectivity index (χ2n) is 5.21. The summed E-state index contributed by atoms with van der Waals surface area (Å²) in [7, 11) is 0. The highest BCUT2D eigenvalue weighted by atomic mass is 16.1. The molecule has 0 unspecified atom stereocenters. The first-order chi connectivity index (χ1) is 11.8. The van der Waals surface area contributed by atoms with Crippen LogP contribution in [0.3, 0.4) is 0 Å². The highest BCUT2D eigenvalue weighted by molar-refractivity contribution is 5.94. The van der Waals surface area contributed by atoms with Crippen LogP contribution in [0.5, 0.6) is 0 Å². The average molecular weight is 322 g/mol. The highest BCUT2D eigenvalue weighted by Gasteiger charge is 2.07. The minimum absolute atomic E-state index is 0.107. The van der Waals surface area contributed by atoms with E-state index in [0.29, 0.717) is 12.1 Å². The van der Waals surface area contributed by atoms with Crippen LogP contribution in [0.15, 0.2) is 60.9 Å². The van der Waals surface area contributed by atoms with E-state index >= 15 is 0 Å². The van der Waals surface area contributed by atoms with Crippen molar-refractivity contribution in [2.24, 2.45) is 0 Å². The minimum Gasteiger partial charge on any atom is -0.385 e. The maximum Gasteiger partial charge on any atom is 0.251 e. The largest absolute Gasteiger partial charge is 0.385 e.